The Morgan fingerprint density at radius 1 is 1.25 bits per heavy atom. The van der Waals surface area contributed by atoms with Crippen LogP contribution in [0.25, 0.3) is 0 Å². The molecule has 3 nitrogen and oxygen atoms in total. The van der Waals surface area contributed by atoms with Crippen LogP contribution in [0.1, 0.15) is 32.6 Å². The van der Waals surface area contributed by atoms with Crippen molar-refractivity contribution in [2.45, 2.75) is 32.6 Å². The van der Waals surface area contributed by atoms with E-state index in [1.54, 1.807) is 0 Å². The van der Waals surface area contributed by atoms with Crippen molar-refractivity contribution in [2.24, 2.45) is 0 Å². The third kappa shape index (κ3) is 13.8. The van der Waals surface area contributed by atoms with Crippen LogP contribution in [-0.2, 0) is 9.15 Å². The Hall–Kier alpha value is 1.26. The zero-order valence-corrected chi connectivity index (χ0v) is 11.2. The van der Waals surface area contributed by atoms with E-state index in [1.165, 1.54) is 0 Å². The van der Waals surface area contributed by atoms with E-state index < -0.39 is 9.15 Å². The summed E-state index contributed by atoms with van der Waals surface area (Å²) in [5.41, 5.74) is 0. The first-order valence-electron chi connectivity index (χ1n) is 3.66. The zero-order chi connectivity index (χ0) is 8.74. The molecule has 0 unspecified atom stereocenters. The molecule has 0 spiro atoms. The van der Waals surface area contributed by atoms with Gasteiger partial charge in [0.1, 0.15) is 9.15 Å². The SMILES string of the molecule is CCCCCCSS(=O)(=O)[O-].[Na+]. The van der Waals surface area contributed by atoms with E-state index >= 15 is 0 Å². The van der Waals surface area contributed by atoms with Gasteiger partial charge in [0.25, 0.3) is 0 Å². The Labute approximate surface area is 100 Å². The van der Waals surface area contributed by atoms with Gasteiger partial charge in [0, 0.05) is 5.75 Å². The van der Waals surface area contributed by atoms with Gasteiger partial charge in [-0.2, -0.15) is 0 Å². The van der Waals surface area contributed by atoms with Crippen LogP contribution in [0.4, 0.5) is 0 Å². The normalized spacial score (nSPS) is 10.8. The van der Waals surface area contributed by atoms with Gasteiger partial charge in [-0.05, 0) is 17.2 Å². The van der Waals surface area contributed by atoms with Crippen molar-refractivity contribution in [2.75, 3.05) is 5.75 Å². The number of rotatable bonds is 6. The van der Waals surface area contributed by atoms with Gasteiger partial charge in [0.15, 0.2) is 0 Å². The van der Waals surface area contributed by atoms with Crippen molar-refractivity contribution in [3.05, 3.63) is 0 Å². The monoisotopic (exact) mass is 220 g/mol. The minimum Gasteiger partial charge on any atom is -0.739 e. The summed E-state index contributed by atoms with van der Waals surface area (Å²) in [5.74, 6) is 0.436. The van der Waals surface area contributed by atoms with Crippen molar-refractivity contribution in [1.29, 1.82) is 0 Å². The van der Waals surface area contributed by atoms with Crippen molar-refractivity contribution < 1.29 is 42.5 Å². The molecular weight excluding hydrogens is 207 g/mol. The summed E-state index contributed by atoms with van der Waals surface area (Å²) < 4.78 is 30.2. The van der Waals surface area contributed by atoms with Gasteiger partial charge in [-0.15, -0.1) is 0 Å². The van der Waals surface area contributed by atoms with E-state index in [1.807, 2.05) is 0 Å². The molecule has 0 heterocycles. The molecule has 0 bridgehead atoms. The van der Waals surface area contributed by atoms with Crippen LogP contribution in [0.2, 0.25) is 0 Å². The molecule has 0 amide bonds. The van der Waals surface area contributed by atoms with Crippen LogP contribution in [0, 0.1) is 0 Å². The van der Waals surface area contributed by atoms with Crippen LogP contribution in [0.3, 0.4) is 0 Å². The molecule has 0 aromatic heterocycles. The third-order valence-electron chi connectivity index (χ3n) is 1.23. The number of hydrogen-bond donors (Lipinski definition) is 0. The molecule has 0 saturated heterocycles. The van der Waals surface area contributed by atoms with Crippen molar-refractivity contribution in [3.8, 4) is 0 Å². The Morgan fingerprint density at radius 3 is 2.25 bits per heavy atom. The molecule has 0 aromatic carbocycles. The van der Waals surface area contributed by atoms with Gasteiger partial charge in [-0.25, -0.2) is 8.42 Å². The smallest absolute Gasteiger partial charge is 0.739 e. The van der Waals surface area contributed by atoms with E-state index in [9.17, 15) is 13.0 Å². The van der Waals surface area contributed by atoms with Crippen LogP contribution in [-0.4, -0.2) is 18.7 Å². The van der Waals surface area contributed by atoms with Gasteiger partial charge >= 0.3 is 29.6 Å². The second-order valence-electron chi connectivity index (χ2n) is 2.29. The van der Waals surface area contributed by atoms with E-state index in [-0.39, 0.29) is 29.6 Å². The Kier molecular flexibility index (Phi) is 11.6. The Bertz CT molecular complexity index is 179. The average molecular weight is 220 g/mol. The van der Waals surface area contributed by atoms with Gasteiger partial charge in [0.2, 0.25) is 0 Å². The van der Waals surface area contributed by atoms with Crippen LogP contribution < -0.4 is 29.6 Å². The van der Waals surface area contributed by atoms with E-state index in [2.05, 4.69) is 6.92 Å². The topological polar surface area (TPSA) is 57.2 Å². The molecular formula is C6H13NaO3S2. The minimum absolute atomic E-state index is 0. The minimum atomic E-state index is -4.04. The predicted molar refractivity (Wildman–Crippen MR) is 46.3 cm³/mol. The van der Waals surface area contributed by atoms with Crippen LogP contribution >= 0.6 is 10.8 Å². The summed E-state index contributed by atoms with van der Waals surface area (Å²) in [6, 6.07) is 0. The van der Waals surface area contributed by atoms with E-state index in [0.29, 0.717) is 16.5 Å². The molecule has 0 aliphatic carbocycles. The summed E-state index contributed by atoms with van der Waals surface area (Å²) in [6.07, 6.45) is 4.06. The molecule has 6 heteroatoms. The first-order valence-corrected chi connectivity index (χ1v) is 6.57. The second-order valence-corrected chi connectivity index (χ2v) is 5.68. The van der Waals surface area contributed by atoms with Gasteiger partial charge in [-0.1, -0.05) is 26.2 Å². The summed E-state index contributed by atoms with van der Waals surface area (Å²) in [6.45, 7) is 2.08. The summed E-state index contributed by atoms with van der Waals surface area (Å²) in [4.78, 5) is 0. The van der Waals surface area contributed by atoms with E-state index in [4.69, 9.17) is 0 Å². The van der Waals surface area contributed by atoms with Crippen molar-refractivity contribution >= 4 is 19.9 Å². The first kappa shape index (κ1) is 15.7. The zero-order valence-electron chi connectivity index (χ0n) is 7.58. The van der Waals surface area contributed by atoms with Gasteiger partial charge in [0.05, 0.1) is 0 Å². The molecule has 0 radical (unpaired) electrons. The summed E-state index contributed by atoms with van der Waals surface area (Å²) >= 11 is 0. The number of unbranched alkanes of at least 4 members (excludes halogenated alkanes) is 3. The fourth-order valence-electron chi connectivity index (χ4n) is 0.690. The maximum Gasteiger partial charge on any atom is 1.00 e. The number of hydrogen-bond acceptors (Lipinski definition) is 4. The second kappa shape index (κ2) is 8.84. The average Bonchev–Trinajstić information content (AvgIpc) is 1.85. The fourth-order valence-corrected chi connectivity index (χ4v) is 2.18. The molecule has 0 aromatic rings. The Balaban J connectivity index is 0. The molecule has 0 saturated carbocycles. The standard InChI is InChI=1S/C6H14O3S2.Na/c1-2-3-4-5-6-10-11(7,8)9;/h2-6H2,1H3,(H,7,8,9);/q;+1/p-1. The summed E-state index contributed by atoms with van der Waals surface area (Å²) in [5, 5.41) is 0. The van der Waals surface area contributed by atoms with Crippen LogP contribution in [0.5, 0.6) is 0 Å². The molecule has 0 fully saturated rings. The van der Waals surface area contributed by atoms with Crippen LogP contribution in [0.15, 0.2) is 0 Å². The predicted octanol–water partition coefficient (Wildman–Crippen LogP) is -1.24. The van der Waals surface area contributed by atoms with Crippen molar-refractivity contribution in [1.82, 2.24) is 0 Å². The van der Waals surface area contributed by atoms with E-state index in [0.717, 1.165) is 25.7 Å². The summed E-state index contributed by atoms with van der Waals surface area (Å²) in [7, 11) is -3.54. The molecule has 0 rings (SSSR count). The maximum atomic E-state index is 10.1. The van der Waals surface area contributed by atoms with Gasteiger partial charge < -0.3 is 4.55 Å². The first-order chi connectivity index (χ1) is 5.06. The molecule has 0 aliphatic rings. The van der Waals surface area contributed by atoms with Gasteiger partial charge in [-0.3, -0.25) is 0 Å². The molecule has 68 valence electrons. The quantitative estimate of drug-likeness (QED) is 0.243. The molecule has 0 aliphatic heterocycles. The molecule has 0 atom stereocenters. The fraction of sp³-hybridized carbons (Fsp3) is 1.00. The molecule has 0 N–H and O–H groups in total. The molecule has 12 heavy (non-hydrogen) atoms. The van der Waals surface area contributed by atoms with Crippen molar-refractivity contribution in [3.63, 3.8) is 0 Å². The maximum absolute atomic E-state index is 10.1. The Morgan fingerprint density at radius 2 is 1.83 bits per heavy atom. The third-order valence-corrected chi connectivity index (χ3v) is 3.34. The largest absolute Gasteiger partial charge is 1.00 e.